The molecule has 2 amide bonds. The fourth-order valence-electron chi connectivity index (χ4n) is 7.55. The smallest absolute Gasteiger partial charge is 0.251 e. The average Bonchev–Trinajstić information content (AvgIpc) is 3.33. The van der Waals surface area contributed by atoms with Crippen LogP contribution in [0, 0.1) is 23.7 Å². The first-order chi connectivity index (χ1) is 17.4. The van der Waals surface area contributed by atoms with Crippen molar-refractivity contribution in [2.24, 2.45) is 23.7 Å². The summed E-state index contributed by atoms with van der Waals surface area (Å²) >= 11 is 0. The van der Waals surface area contributed by atoms with Gasteiger partial charge in [-0.3, -0.25) is 9.59 Å². The minimum absolute atomic E-state index is 0.0444. The van der Waals surface area contributed by atoms with Crippen molar-refractivity contribution < 1.29 is 19.1 Å². The van der Waals surface area contributed by atoms with Crippen molar-refractivity contribution >= 4 is 11.8 Å². The summed E-state index contributed by atoms with van der Waals surface area (Å²) < 4.78 is 10.8. The second-order valence-electron chi connectivity index (χ2n) is 11.9. The Balaban J connectivity index is 1.09. The molecule has 4 saturated carbocycles. The maximum Gasteiger partial charge on any atom is 0.251 e. The van der Waals surface area contributed by atoms with Crippen molar-refractivity contribution in [1.82, 2.24) is 10.6 Å². The van der Waals surface area contributed by atoms with E-state index < -0.39 is 6.04 Å². The summed E-state index contributed by atoms with van der Waals surface area (Å²) in [6.07, 6.45) is 8.20. The lowest BCUT2D eigenvalue weighted by Gasteiger charge is -2.57. The molecule has 5 aliphatic rings. The third-order valence-corrected chi connectivity index (χ3v) is 8.94. The zero-order valence-electron chi connectivity index (χ0n) is 21.2. The van der Waals surface area contributed by atoms with E-state index in [0.29, 0.717) is 29.0 Å². The Kier molecular flexibility index (Phi) is 5.93. The molecule has 2 N–H and O–H groups in total. The van der Waals surface area contributed by atoms with E-state index in [0.717, 1.165) is 23.3 Å². The highest BCUT2D eigenvalue weighted by Gasteiger charge is 2.51. The van der Waals surface area contributed by atoms with Gasteiger partial charge < -0.3 is 20.1 Å². The zero-order chi connectivity index (χ0) is 24.9. The molecule has 0 aromatic heterocycles. The summed E-state index contributed by atoms with van der Waals surface area (Å²) in [6.45, 7) is 4.47. The maximum absolute atomic E-state index is 13.1. The molecule has 6 heteroatoms. The van der Waals surface area contributed by atoms with Crippen LogP contribution in [0.5, 0.6) is 11.5 Å². The van der Waals surface area contributed by atoms with E-state index in [2.05, 4.69) is 22.8 Å². The number of nitrogens with one attached hydrogen (secondary N) is 2. The molecule has 36 heavy (non-hydrogen) atoms. The van der Waals surface area contributed by atoms with Crippen molar-refractivity contribution in [3.63, 3.8) is 0 Å². The number of ether oxygens (including phenoxy) is 2. The highest BCUT2D eigenvalue weighted by atomic mass is 16.7. The molecule has 0 saturated heterocycles. The Morgan fingerprint density at radius 3 is 2.19 bits per heavy atom. The molecule has 0 spiro atoms. The maximum atomic E-state index is 13.1. The van der Waals surface area contributed by atoms with Crippen LogP contribution < -0.4 is 20.1 Å². The largest absolute Gasteiger partial charge is 0.454 e. The van der Waals surface area contributed by atoms with Gasteiger partial charge >= 0.3 is 0 Å². The lowest BCUT2D eigenvalue weighted by molar-refractivity contribution is -0.124. The average molecular weight is 489 g/mol. The van der Waals surface area contributed by atoms with Crippen LogP contribution in [0.2, 0.25) is 0 Å². The van der Waals surface area contributed by atoms with Crippen LogP contribution >= 0.6 is 0 Å². The van der Waals surface area contributed by atoms with Gasteiger partial charge in [0.15, 0.2) is 11.5 Å². The summed E-state index contributed by atoms with van der Waals surface area (Å²) in [4.78, 5) is 26.1. The SMILES string of the molecule is CC(C)[C@H](NC(=O)c1ccc(C23CC4CC(CC(C4)C2)C3)cc1)C(=O)NCc1ccc2c(c1)OCO2. The number of carbonyl (C=O) groups is 2. The van der Waals surface area contributed by atoms with E-state index in [1.807, 2.05) is 44.2 Å². The standard InChI is InChI=1S/C30H36N2O4/c1-18(2)27(29(34)31-16-19-3-8-25-26(12-19)36-17-35-25)32-28(33)23-4-6-24(7-5-23)30-13-20-9-21(14-30)11-22(10-20)15-30/h3-8,12,18,20-22,27H,9-11,13-17H2,1-2H3,(H,31,34)(H,32,33)/t20?,21?,22?,27-,30?/m0/s1. The van der Waals surface area contributed by atoms with Crippen molar-refractivity contribution in [3.8, 4) is 11.5 Å². The first kappa shape index (κ1) is 23.4. The number of hydrogen-bond acceptors (Lipinski definition) is 4. The Hall–Kier alpha value is -3.02. The summed E-state index contributed by atoms with van der Waals surface area (Å²) in [5.74, 6) is 3.63. The molecule has 6 nitrogen and oxygen atoms in total. The molecule has 4 fully saturated rings. The molecule has 1 atom stereocenters. The lowest BCUT2D eigenvalue weighted by atomic mass is 9.48. The summed E-state index contributed by atoms with van der Waals surface area (Å²) in [7, 11) is 0. The number of hydrogen-bond donors (Lipinski definition) is 2. The van der Waals surface area contributed by atoms with Crippen LogP contribution in [-0.4, -0.2) is 24.6 Å². The third-order valence-electron chi connectivity index (χ3n) is 8.94. The molecule has 0 unspecified atom stereocenters. The number of rotatable bonds is 7. The van der Waals surface area contributed by atoms with Crippen molar-refractivity contribution in [1.29, 1.82) is 0 Å². The second kappa shape index (κ2) is 9.13. The van der Waals surface area contributed by atoms with E-state index in [1.54, 1.807) is 0 Å². The summed E-state index contributed by atoms with van der Waals surface area (Å²) in [5, 5.41) is 5.93. The van der Waals surface area contributed by atoms with Crippen LogP contribution in [0.1, 0.15) is 73.9 Å². The van der Waals surface area contributed by atoms with Gasteiger partial charge in [0.2, 0.25) is 12.7 Å². The van der Waals surface area contributed by atoms with Gasteiger partial charge in [-0.2, -0.15) is 0 Å². The zero-order valence-corrected chi connectivity index (χ0v) is 21.2. The number of fused-ring (bicyclic) bond motifs is 1. The number of benzene rings is 2. The van der Waals surface area contributed by atoms with Crippen LogP contribution in [-0.2, 0) is 16.8 Å². The van der Waals surface area contributed by atoms with Gasteiger partial charge in [0, 0.05) is 12.1 Å². The minimum atomic E-state index is -0.616. The van der Waals surface area contributed by atoms with Crippen molar-refractivity contribution in [3.05, 3.63) is 59.2 Å². The molecule has 0 radical (unpaired) electrons. The van der Waals surface area contributed by atoms with Gasteiger partial charge in [-0.05, 0) is 103 Å². The van der Waals surface area contributed by atoms with E-state index in [1.165, 1.54) is 44.1 Å². The fraction of sp³-hybridized carbons (Fsp3) is 0.533. The second-order valence-corrected chi connectivity index (χ2v) is 11.9. The molecule has 1 heterocycles. The predicted octanol–water partition coefficient (Wildman–Crippen LogP) is 4.95. The summed E-state index contributed by atoms with van der Waals surface area (Å²) in [6, 6.07) is 13.3. The van der Waals surface area contributed by atoms with E-state index >= 15 is 0 Å². The molecule has 190 valence electrons. The topological polar surface area (TPSA) is 76.7 Å². The molecule has 4 aliphatic carbocycles. The number of amides is 2. The summed E-state index contributed by atoms with van der Waals surface area (Å²) in [5.41, 5.74) is 3.25. The van der Waals surface area contributed by atoms with Crippen molar-refractivity contribution in [2.45, 2.75) is 70.4 Å². The molecule has 2 aromatic carbocycles. The van der Waals surface area contributed by atoms with Gasteiger partial charge in [0.1, 0.15) is 6.04 Å². The highest BCUT2D eigenvalue weighted by Crippen LogP contribution is 2.60. The van der Waals surface area contributed by atoms with E-state index in [4.69, 9.17) is 9.47 Å². The van der Waals surface area contributed by atoms with E-state index in [9.17, 15) is 9.59 Å². The first-order valence-corrected chi connectivity index (χ1v) is 13.5. The van der Waals surface area contributed by atoms with Crippen LogP contribution in [0.15, 0.2) is 42.5 Å². The molecular weight excluding hydrogens is 452 g/mol. The Morgan fingerprint density at radius 1 is 0.917 bits per heavy atom. The molecule has 4 bridgehead atoms. The Labute approximate surface area is 213 Å². The van der Waals surface area contributed by atoms with Crippen LogP contribution in [0.4, 0.5) is 0 Å². The van der Waals surface area contributed by atoms with Gasteiger partial charge in [0.05, 0.1) is 0 Å². The lowest BCUT2D eigenvalue weighted by Crippen LogP contribution is -2.49. The Morgan fingerprint density at radius 2 is 1.56 bits per heavy atom. The van der Waals surface area contributed by atoms with Crippen LogP contribution in [0.3, 0.4) is 0 Å². The Bertz CT molecular complexity index is 1120. The van der Waals surface area contributed by atoms with Crippen LogP contribution in [0.25, 0.3) is 0 Å². The van der Waals surface area contributed by atoms with Gasteiger partial charge in [-0.1, -0.05) is 32.0 Å². The molecule has 7 rings (SSSR count). The predicted molar refractivity (Wildman–Crippen MR) is 137 cm³/mol. The third kappa shape index (κ3) is 4.35. The normalized spacial score (nSPS) is 28.2. The monoisotopic (exact) mass is 488 g/mol. The fourth-order valence-corrected chi connectivity index (χ4v) is 7.55. The highest BCUT2D eigenvalue weighted by molar-refractivity contribution is 5.97. The minimum Gasteiger partial charge on any atom is -0.454 e. The van der Waals surface area contributed by atoms with Gasteiger partial charge in [-0.25, -0.2) is 0 Å². The molecular formula is C30H36N2O4. The quantitative estimate of drug-likeness (QED) is 0.578. The van der Waals surface area contributed by atoms with Gasteiger partial charge in [-0.15, -0.1) is 0 Å². The molecule has 1 aliphatic heterocycles. The molecule has 2 aromatic rings. The van der Waals surface area contributed by atoms with E-state index in [-0.39, 0.29) is 24.5 Å². The first-order valence-electron chi connectivity index (χ1n) is 13.5. The van der Waals surface area contributed by atoms with Gasteiger partial charge in [0.25, 0.3) is 5.91 Å². The van der Waals surface area contributed by atoms with Crippen molar-refractivity contribution in [2.75, 3.05) is 6.79 Å². The number of carbonyl (C=O) groups excluding carboxylic acids is 2.